The molecule has 6 nitrogen and oxygen atoms in total. The third-order valence-electron chi connectivity index (χ3n) is 5.30. The van der Waals surface area contributed by atoms with Crippen LogP contribution in [-0.2, 0) is 0 Å². The number of hydrogen-bond donors (Lipinski definition) is 3. The predicted octanol–water partition coefficient (Wildman–Crippen LogP) is 4.03. The minimum Gasteiger partial charge on any atom is -0.388 e. The van der Waals surface area contributed by atoms with Gasteiger partial charge < -0.3 is 15.5 Å². The first-order valence-electron chi connectivity index (χ1n) is 9.26. The van der Waals surface area contributed by atoms with Crippen LogP contribution in [0.2, 0.25) is 0 Å². The maximum absolute atomic E-state index is 14.8. The fourth-order valence-corrected chi connectivity index (χ4v) is 3.81. The van der Waals surface area contributed by atoms with Gasteiger partial charge in [-0.1, -0.05) is 13.8 Å². The zero-order chi connectivity index (χ0) is 18.8. The van der Waals surface area contributed by atoms with E-state index in [0.717, 1.165) is 31.4 Å². The summed E-state index contributed by atoms with van der Waals surface area (Å²) >= 11 is 0. The van der Waals surface area contributed by atoms with Crippen LogP contribution in [0.4, 0.5) is 10.1 Å². The van der Waals surface area contributed by atoms with Crippen LogP contribution in [0.25, 0.3) is 11.5 Å². The quantitative estimate of drug-likeness (QED) is 0.706. The zero-order valence-corrected chi connectivity index (χ0v) is 16.7. The summed E-state index contributed by atoms with van der Waals surface area (Å²) in [5.41, 5.74) is 7.80. The van der Waals surface area contributed by atoms with E-state index in [0.29, 0.717) is 23.1 Å². The van der Waals surface area contributed by atoms with E-state index >= 15 is 0 Å². The van der Waals surface area contributed by atoms with Gasteiger partial charge in [0.1, 0.15) is 5.82 Å². The van der Waals surface area contributed by atoms with Crippen molar-refractivity contribution >= 4 is 18.1 Å². The molecule has 0 radical (unpaired) electrons. The van der Waals surface area contributed by atoms with Crippen LogP contribution in [0.5, 0.6) is 0 Å². The fraction of sp³-hybridized carbons (Fsp3) is 0.579. The molecule has 150 valence electrons. The molecular weight excluding hydrogens is 371 g/mol. The highest BCUT2D eigenvalue weighted by Gasteiger charge is 2.25. The van der Waals surface area contributed by atoms with Crippen LogP contribution < -0.4 is 16.8 Å². The van der Waals surface area contributed by atoms with Gasteiger partial charge in [0, 0.05) is 28.9 Å². The van der Waals surface area contributed by atoms with Crippen LogP contribution in [0, 0.1) is 11.7 Å². The van der Waals surface area contributed by atoms with Crippen LogP contribution in [0.3, 0.4) is 0 Å². The highest BCUT2D eigenvalue weighted by atomic mass is 35.5. The van der Waals surface area contributed by atoms with Crippen molar-refractivity contribution in [2.24, 2.45) is 11.7 Å². The Morgan fingerprint density at radius 1 is 1.26 bits per heavy atom. The van der Waals surface area contributed by atoms with Crippen LogP contribution >= 0.6 is 12.4 Å². The second kappa shape index (κ2) is 8.89. The molecule has 4 N–H and O–H groups in total. The maximum atomic E-state index is 14.8. The molecule has 8 heteroatoms. The normalized spacial score (nSPS) is 21.0. The van der Waals surface area contributed by atoms with Crippen LogP contribution in [0.15, 0.2) is 21.3 Å². The molecule has 0 spiro atoms. The van der Waals surface area contributed by atoms with E-state index in [4.69, 9.17) is 10.2 Å². The van der Waals surface area contributed by atoms with Gasteiger partial charge in [-0.05, 0) is 56.6 Å². The van der Waals surface area contributed by atoms with Gasteiger partial charge in [-0.25, -0.2) is 14.3 Å². The van der Waals surface area contributed by atoms with Crippen molar-refractivity contribution < 1.29 is 8.81 Å². The summed E-state index contributed by atoms with van der Waals surface area (Å²) in [6, 6.07) is 3.67. The number of hydrogen-bond acceptors (Lipinski definition) is 5. The van der Waals surface area contributed by atoms with Gasteiger partial charge in [-0.15, -0.1) is 17.5 Å². The van der Waals surface area contributed by atoms with E-state index in [1.807, 2.05) is 19.9 Å². The van der Waals surface area contributed by atoms with Crippen LogP contribution in [0.1, 0.15) is 57.9 Å². The number of rotatable bonds is 5. The number of aromatic nitrogens is 2. The van der Waals surface area contributed by atoms with Gasteiger partial charge in [0.05, 0.1) is 0 Å². The van der Waals surface area contributed by atoms with E-state index < -0.39 is 5.76 Å². The molecule has 27 heavy (non-hydrogen) atoms. The molecular formula is C19H28ClFN4O2. The first kappa shape index (κ1) is 21.4. The number of nitrogens with one attached hydrogen (secondary N) is 2. The number of aromatic amines is 1. The minimum absolute atomic E-state index is 0. The first-order chi connectivity index (χ1) is 12.3. The Hall–Kier alpha value is -1.86. The molecule has 0 amide bonds. The number of nitrogens with two attached hydrogens (primary N) is 1. The van der Waals surface area contributed by atoms with E-state index in [1.54, 1.807) is 0 Å². The van der Waals surface area contributed by atoms with Crippen molar-refractivity contribution in [3.05, 3.63) is 34.1 Å². The summed E-state index contributed by atoms with van der Waals surface area (Å²) in [6.45, 7) is 6.05. The van der Waals surface area contributed by atoms with Crippen molar-refractivity contribution in [3.8, 4) is 11.5 Å². The lowest BCUT2D eigenvalue weighted by Gasteiger charge is -2.32. The van der Waals surface area contributed by atoms with Gasteiger partial charge in [0.15, 0.2) is 0 Å². The molecule has 0 bridgehead atoms. The third kappa shape index (κ3) is 4.90. The average Bonchev–Trinajstić information content (AvgIpc) is 3.01. The molecule has 0 unspecified atom stereocenters. The molecule has 3 rings (SSSR count). The van der Waals surface area contributed by atoms with Gasteiger partial charge in [0.25, 0.3) is 0 Å². The molecule has 1 heterocycles. The van der Waals surface area contributed by atoms with Crippen molar-refractivity contribution in [2.75, 3.05) is 5.32 Å². The van der Waals surface area contributed by atoms with E-state index in [9.17, 15) is 9.18 Å². The summed E-state index contributed by atoms with van der Waals surface area (Å²) in [7, 11) is 0. The van der Waals surface area contributed by atoms with Crippen LogP contribution in [-0.4, -0.2) is 22.3 Å². The zero-order valence-electron chi connectivity index (χ0n) is 15.9. The van der Waals surface area contributed by atoms with Gasteiger partial charge >= 0.3 is 5.76 Å². The second-order valence-electron chi connectivity index (χ2n) is 7.60. The van der Waals surface area contributed by atoms with Gasteiger partial charge in [-0.2, -0.15) is 0 Å². The van der Waals surface area contributed by atoms with E-state index in [2.05, 4.69) is 22.4 Å². The van der Waals surface area contributed by atoms with Gasteiger partial charge in [-0.3, -0.25) is 0 Å². The Bertz CT molecular complexity index is 812. The lowest BCUT2D eigenvalue weighted by molar-refractivity contribution is 0.302. The highest BCUT2D eigenvalue weighted by Crippen LogP contribution is 2.34. The number of nitrogens with zero attached hydrogens (tertiary/aromatic N) is 1. The third-order valence-corrected chi connectivity index (χ3v) is 5.30. The van der Waals surface area contributed by atoms with Gasteiger partial charge in [0.2, 0.25) is 5.89 Å². The maximum Gasteiger partial charge on any atom is 0.434 e. The van der Waals surface area contributed by atoms with Crippen molar-refractivity contribution in [1.29, 1.82) is 0 Å². The molecule has 1 aromatic heterocycles. The van der Waals surface area contributed by atoms with Crippen molar-refractivity contribution in [3.63, 3.8) is 0 Å². The summed E-state index contributed by atoms with van der Waals surface area (Å²) in [5.74, 6) is -0.378. The monoisotopic (exact) mass is 398 g/mol. The minimum atomic E-state index is -0.658. The second-order valence-corrected chi connectivity index (χ2v) is 7.60. The number of H-pyrrole nitrogens is 1. The molecule has 1 atom stereocenters. The smallest absolute Gasteiger partial charge is 0.388 e. The van der Waals surface area contributed by atoms with E-state index in [1.165, 1.54) is 6.07 Å². The highest BCUT2D eigenvalue weighted by molar-refractivity contribution is 5.85. The van der Waals surface area contributed by atoms with Crippen molar-refractivity contribution in [2.45, 2.75) is 64.5 Å². The SMILES string of the molecule is CC(C)c1c(F)cc(-c2n[nH]c(=O)o2)cc1N[C@@H](C)C1CCC(N)CC1.Cl. The largest absolute Gasteiger partial charge is 0.434 e. The molecule has 0 saturated heterocycles. The Balaban J connectivity index is 0.00000261. The lowest BCUT2D eigenvalue weighted by atomic mass is 9.82. The predicted molar refractivity (Wildman–Crippen MR) is 107 cm³/mol. The molecule has 2 aromatic rings. The Labute approximate surface area is 164 Å². The Morgan fingerprint density at radius 3 is 2.48 bits per heavy atom. The molecule has 1 aromatic carbocycles. The number of benzene rings is 1. The number of halogens is 2. The molecule has 1 aliphatic rings. The number of anilines is 1. The topological polar surface area (TPSA) is 96.9 Å². The van der Waals surface area contributed by atoms with E-state index in [-0.39, 0.29) is 36.1 Å². The summed E-state index contributed by atoms with van der Waals surface area (Å²) in [4.78, 5) is 11.2. The molecule has 0 aliphatic heterocycles. The summed E-state index contributed by atoms with van der Waals surface area (Å²) in [5, 5.41) is 9.52. The Kier molecular flexibility index (Phi) is 7.06. The summed E-state index contributed by atoms with van der Waals surface area (Å²) in [6.07, 6.45) is 4.20. The fourth-order valence-electron chi connectivity index (χ4n) is 3.81. The standard InChI is InChI=1S/C19H27FN4O2.ClH/c1-10(2)17-15(20)8-13(18-23-24-19(25)26-18)9-16(17)22-11(3)12-4-6-14(21)7-5-12;/h8-12,14,22H,4-7,21H2,1-3H3,(H,24,25);1H/t11-,12?,14?;/m0./s1. The first-order valence-corrected chi connectivity index (χ1v) is 9.26. The molecule has 1 saturated carbocycles. The average molecular weight is 399 g/mol. The Morgan fingerprint density at radius 2 is 1.93 bits per heavy atom. The lowest BCUT2D eigenvalue weighted by Crippen LogP contribution is -2.34. The molecule has 1 fully saturated rings. The summed E-state index contributed by atoms with van der Waals surface area (Å²) < 4.78 is 19.8. The van der Waals surface area contributed by atoms with Crippen molar-refractivity contribution in [1.82, 2.24) is 10.2 Å². The molecule has 1 aliphatic carbocycles.